The van der Waals surface area contributed by atoms with Crippen LogP contribution in [0.5, 0.6) is 0 Å². The molecule has 1 atom stereocenters. The van der Waals surface area contributed by atoms with Gasteiger partial charge in [0, 0.05) is 31.2 Å². The number of carbonyl (C=O) groups is 1. The van der Waals surface area contributed by atoms with Crippen LogP contribution >= 0.6 is 12.4 Å². The molecule has 8 heteroatoms. The van der Waals surface area contributed by atoms with Crippen molar-refractivity contribution >= 4 is 29.3 Å². The average molecular weight is 381 g/mol. The minimum atomic E-state index is -0.670. The lowest BCUT2D eigenvalue weighted by Crippen LogP contribution is -2.42. The van der Waals surface area contributed by atoms with Gasteiger partial charge in [0.15, 0.2) is 0 Å². The highest BCUT2D eigenvalue weighted by Crippen LogP contribution is 2.22. The van der Waals surface area contributed by atoms with Gasteiger partial charge in [0.1, 0.15) is 0 Å². The van der Waals surface area contributed by atoms with Crippen molar-refractivity contribution in [3.63, 3.8) is 0 Å². The number of likely N-dealkylation sites (tertiary alicyclic amines) is 1. The highest BCUT2D eigenvalue weighted by molar-refractivity contribution is 5.97. The molecule has 1 aromatic carbocycles. The molecule has 2 aromatic rings. The molecule has 0 bridgehead atoms. The summed E-state index contributed by atoms with van der Waals surface area (Å²) in [6.07, 6.45) is 1.81. The predicted octanol–water partition coefficient (Wildman–Crippen LogP) is 1.33. The van der Waals surface area contributed by atoms with E-state index in [1.807, 2.05) is 18.7 Å². The largest absolute Gasteiger partial charge is 0.339 e. The molecule has 0 aliphatic carbocycles. The number of aryl methyl sites for hydroxylation is 1. The van der Waals surface area contributed by atoms with Crippen LogP contribution in [0.1, 0.15) is 37.0 Å². The van der Waals surface area contributed by atoms with Crippen LogP contribution < -0.4 is 16.9 Å². The van der Waals surface area contributed by atoms with E-state index in [9.17, 15) is 14.4 Å². The van der Waals surface area contributed by atoms with E-state index >= 15 is 0 Å². The average Bonchev–Trinajstić information content (AvgIpc) is 2.62. The van der Waals surface area contributed by atoms with E-state index in [1.165, 1.54) is 4.57 Å². The zero-order valence-corrected chi connectivity index (χ0v) is 15.8. The van der Waals surface area contributed by atoms with Gasteiger partial charge in [-0.15, -0.1) is 12.4 Å². The molecule has 0 radical (unpaired) electrons. The first-order chi connectivity index (χ1) is 11.9. The summed E-state index contributed by atoms with van der Waals surface area (Å²) in [5, 5.41) is 0. The van der Waals surface area contributed by atoms with Crippen LogP contribution in [0.4, 0.5) is 0 Å². The van der Waals surface area contributed by atoms with Crippen LogP contribution in [-0.4, -0.2) is 39.5 Å². The van der Waals surface area contributed by atoms with Gasteiger partial charge in [-0.1, -0.05) is 0 Å². The van der Waals surface area contributed by atoms with E-state index in [4.69, 9.17) is 5.73 Å². The third kappa shape index (κ3) is 3.68. The van der Waals surface area contributed by atoms with E-state index in [-0.39, 0.29) is 24.4 Å². The fourth-order valence-electron chi connectivity index (χ4n) is 3.54. The summed E-state index contributed by atoms with van der Waals surface area (Å²) in [5.74, 6) is 0.399. The number of H-pyrrole nitrogens is 1. The van der Waals surface area contributed by atoms with E-state index in [1.54, 1.807) is 18.2 Å². The number of nitrogens with zero attached hydrogens (tertiary/aromatic N) is 2. The number of fused-ring (bicyclic) bond motifs is 1. The molecule has 0 spiro atoms. The molecule has 3 rings (SSSR count). The van der Waals surface area contributed by atoms with Crippen LogP contribution in [0, 0.1) is 5.92 Å². The van der Waals surface area contributed by atoms with Crippen LogP contribution in [0.25, 0.3) is 11.0 Å². The predicted molar refractivity (Wildman–Crippen MR) is 104 cm³/mol. The Morgan fingerprint density at radius 3 is 2.54 bits per heavy atom. The van der Waals surface area contributed by atoms with Crippen molar-refractivity contribution in [2.75, 3.05) is 13.1 Å². The van der Waals surface area contributed by atoms with Crippen molar-refractivity contribution < 1.29 is 4.79 Å². The highest BCUT2D eigenvalue weighted by Gasteiger charge is 2.25. The molecule has 1 aliphatic rings. The fourth-order valence-corrected chi connectivity index (χ4v) is 3.54. The Kier molecular flexibility index (Phi) is 6.26. The van der Waals surface area contributed by atoms with Crippen LogP contribution in [0.15, 0.2) is 27.8 Å². The van der Waals surface area contributed by atoms with Gasteiger partial charge in [0.05, 0.1) is 11.0 Å². The topological polar surface area (TPSA) is 101 Å². The van der Waals surface area contributed by atoms with Gasteiger partial charge >= 0.3 is 11.1 Å². The lowest BCUT2D eigenvalue weighted by Gasteiger charge is -2.33. The lowest BCUT2D eigenvalue weighted by molar-refractivity contribution is 0.0681. The molecule has 142 valence electrons. The maximum atomic E-state index is 12.8. The standard InChI is InChI=1S/C18H24N4O3.ClH/c1-3-22-15-5-4-13(10-14(15)20-16(23)18(22)25)17(24)21-8-6-12(7-9-21)11(2)19;/h4-5,10-12H,3,6-9,19H2,1-2H3,(H,20,23);1H. The lowest BCUT2D eigenvalue weighted by atomic mass is 9.90. The molecule has 0 saturated carbocycles. The van der Waals surface area contributed by atoms with Gasteiger partial charge in [-0.3, -0.25) is 14.4 Å². The zero-order valence-electron chi connectivity index (χ0n) is 15.0. The number of rotatable bonds is 3. The van der Waals surface area contributed by atoms with Gasteiger partial charge in [0.25, 0.3) is 5.91 Å². The van der Waals surface area contributed by atoms with E-state index in [0.717, 1.165) is 12.8 Å². The molecule has 1 aromatic heterocycles. The minimum Gasteiger partial charge on any atom is -0.339 e. The Morgan fingerprint density at radius 1 is 1.31 bits per heavy atom. The summed E-state index contributed by atoms with van der Waals surface area (Å²) in [5.41, 5.74) is 6.35. The third-order valence-electron chi connectivity index (χ3n) is 5.11. The first-order valence-corrected chi connectivity index (χ1v) is 8.74. The Morgan fingerprint density at radius 2 is 1.96 bits per heavy atom. The molecule has 1 saturated heterocycles. The van der Waals surface area contributed by atoms with Crippen molar-refractivity contribution in [3.8, 4) is 0 Å². The smallest absolute Gasteiger partial charge is 0.316 e. The Balaban J connectivity index is 0.00000243. The summed E-state index contributed by atoms with van der Waals surface area (Å²) in [7, 11) is 0. The molecule has 1 unspecified atom stereocenters. The summed E-state index contributed by atoms with van der Waals surface area (Å²) in [6.45, 7) is 5.59. The van der Waals surface area contributed by atoms with E-state index in [0.29, 0.717) is 42.1 Å². The number of amides is 1. The van der Waals surface area contributed by atoms with E-state index < -0.39 is 11.1 Å². The Bertz CT molecular complexity index is 911. The van der Waals surface area contributed by atoms with Crippen molar-refractivity contribution in [1.82, 2.24) is 14.5 Å². The molecule has 7 nitrogen and oxygen atoms in total. The van der Waals surface area contributed by atoms with Crippen LogP contribution in [0.2, 0.25) is 0 Å². The van der Waals surface area contributed by atoms with Crippen molar-refractivity contribution in [3.05, 3.63) is 44.5 Å². The van der Waals surface area contributed by atoms with Gasteiger partial charge in [-0.25, -0.2) is 0 Å². The van der Waals surface area contributed by atoms with E-state index in [2.05, 4.69) is 4.98 Å². The maximum absolute atomic E-state index is 12.8. The summed E-state index contributed by atoms with van der Waals surface area (Å²) in [6, 6.07) is 5.24. The van der Waals surface area contributed by atoms with Gasteiger partial charge in [-0.05, 0) is 50.8 Å². The second-order valence-electron chi connectivity index (χ2n) is 6.72. The summed E-state index contributed by atoms with van der Waals surface area (Å²) < 4.78 is 1.41. The number of piperidine rings is 1. The molecule has 1 amide bonds. The number of halogens is 1. The zero-order chi connectivity index (χ0) is 18.1. The minimum absolute atomic E-state index is 0. The summed E-state index contributed by atoms with van der Waals surface area (Å²) >= 11 is 0. The number of aromatic nitrogens is 2. The Hall–Kier alpha value is -2.12. The number of hydrogen-bond acceptors (Lipinski definition) is 4. The number of nitrogens with one attached hydrogen (secondary N) is 1. The van der Waals surface area contributed by atoms with Crippen molar-refractivity contribution in [1.29, 1.82) is 0 Å². The quantitative estimate of drug-likeness (QED) is 0.784. The molecule has 26 heavy (non-hydrogen) atoms. The Labute approximate surface area is 157 Å². The second kappa shape index (κ2) is 8.05. The number of benzene rings is 1. The molecule has 2 heterocycles. The van der Waals surface area contributed by atoms with Gasteiger partial charge < -0.3 is 20.2 Å². The first-order valence-electron chi connectivity index (χ1n) is 8.74. The molecule has 1 aliphatic heterocycles. The molecular formula is C18H25ClN4O3. The number of carbonyl (C=O) groups excluding carboxylic acids is 1. The normalized spacial score (nSPS) is 16.3. The van der Waals surface area contributed by atoms with Crippen LogP contribution in [-0.2, 0) is 6.54 Å². The number of hydrogen-bond donors (Lipinski definition) is 2. The summed E-state index contributed by atoms with van der Waals surface area (Å²) in [4.78, 5) is 40.9. The highest BCUT2D eigenvalue weighted by atomic mass is 35.5. The van der Waals surface area contributed by atoms with Crippen molar-refractivity contribution in [2.45, 2.75) is 39.3 Å². The maximum Gasteiger partial charge on any atom is 0.316 e. The first kappa shape index (κ1) is 20.2. The monoisotopic (exact) mass is 380 g/mol. The second-order valence-corrected chi connectivity index (χ2v) is 6.72. The molecule has 3 N–H and O–H groups in total. The van der Waals surface area contributed by atoms with Gasteiger partial charge in [-0.2, -0.15) is 0 Å². The fraction of sp³-hybridized carbons (Fsp3) is 0.500. The SMILES string of the molecule is CCn1c(=O)c(=O)[nH]c2cc(C(=O)N3CCC(C(C)N)CC3)ccc21.Cl. The number of aromatic amines is 1. The number of nitrogens with two attached hydrogens (primary N) is 1. The third-order valence-corrected chi connectivity index (χ3v) is 5.11. The van der Waals surface area contributed by atoms with Gasteiger partial charge in [0.2, 0.25) is 0 Å². The molecule has 1 fully saturated rings. The van der Waals surface area contributed by atoms with Crippen molar-refractivity contribution in [2.24, 2.45) is 11.7 Å². The van der Waals surface area contributed by atoms with Crippen LogP contribution in [0.3, 0.4) is 0 Å². The molecular weight excluding hydrogens is 356 g/mol.